The summed E-state index contributed by atoms with van der Waals surface area (Å²) in [6.07, 6.45) is 7.39. The summed E-state index contributed by atoms with van der Waals surface area (Å²) >= 11 is 7.62. The number of allylic oxidation sites excluding steroid dienone is 1. The minimum atomic E-state index is -0.974. The molecule has 9 heteroatoms. The summed E-state index contributed by atoms with van der Waals surface area (Å²) in [6.45, 7) is 8.26. The molecule has 2 aliphatic carbocycles. The Morgan fingerprint density at radius 2 is 2.05 bits per heavy atom. The highest BCUT2D eigenvalue weighted by Gasteiger charge is 2.43. The molecule has 2 aromatic carbocycles. The van der Waals surface area contributed by atoms with Gasteiger partial charge in [-0.2, -0.15) is 0 Å². The number of halogens is 2. The van der Waals surface area contributed by atoms with Crippen LogP contribution < -0.4 is 14.8 Å². The standard InChI is InChI=1S/C34H44ClFN2O4S/c1-5-6-21-13-29(35)30(36)15-28(21)26-17-38(31-14-22(34(39)40)8-10-32(31)42-18-26)16-23-7-9-27(23)33(41-4)25-11-24(12-25)19(2)20(3)43-37/h8,10-11,13-15,19-20,23-24,26-27,33H,5-7,9,12,16-18,37H2,1-4H3,(H,39,40). The van der Waals surface area contributed by atoms with Crippen molar-refractivity contribution >= 4 is 35.2 Å². The normalized spacial score (nSPS) is 25.3. The number of hydrogen-bond acceptors (Lipinski definition) is 6. The lowest BCUT2D eigenvalue weighted by Crippen LogP contribution is -2.46. The Balaban J connectivity index is 1.41. The number of carboxylic acids is 1. The molecule has 0 radical (unpaired) electrons. The average molecular weight is 631 g/mol. The molecular formula is C34H44ClFN2O4S. The summed E-state index contributed by atoms with van der Waals surface area (Å²) in [5.74, 6) is 0.938. The van der Waals surface area contributed by atoms with Crippen molar-refractivity contribution in [3.05, 3.63) is 69.5 Å². The maximum atomic E-state index is 14.8. The quantitative estimate of drug-likeness (QED) is 0.183. The number of nitrogens with two attached hydrogens (primary N) is 1. The third kappa shape index (κ3) is 6.73. The molecule has 0 aromatic heterocycles. The summed E-state index contributed by atoms with van der Waals surface area (Å²) in [5.41, 5.74) is 4.32. The number of fused-ring (bicyclic) bond motifs is 1. The first-order valence-corrected chi connectivity index (χ1v) is 16.8. The first kappa shape index (κ1) is 32.1. The molecule has 3 N–H and O–H groups in total. The van der Waals surface area contributed by atoms with Crippen LogP contribution in [0.15, 0.2) is 42.0 Å². The van der Waals surface area contributed by atoms with Crippen LogP contribution in [0.3, 0.4) is 0 Å². The highest BCUT2D eigenvalue weighted by atomic mass is 35.5. The summed E-state index contributed by atoms with van der Waals surface area (Å²) in [6, 6.07) is 8.37. The van der Waals surface area contributed by atoms with Gasteiger partial charge in [0.1, 0.15) is 11.6 Å². The van der Waals surface area contributed by atoms with Gasteiger partial charge in [0.05, 0.1) is 29.0 Å². The van der Waals surface area contributed by atoms with Crippen LogP contribution in [0.1, 0.15) is 73.9 Å². The number of methoxy groups -OCH3 is 1. The molecule has 0 bridgehead atoms. The van der Waals surface area contributed by atoms with Crippen molar-refractivity contribution in [1.29, 1.82) is 0 Å². The van der Waals surface area contributed by atoms with E-state index in [0.29, 0.717) is 47.8 Å². The van der Waals surface area contributed by atoms with E-state index in [1.54, 1.807) is 30.3 Å². The molecule has 1 fully saturated rings. The van der Waals surface area contributed by atoms with Crippen molar-refractivity contribution in [2.75, 3.05) is 31.7 Å². The van der Waals surface area contributed by atoms with Crippen LogP contribution in [0.2, 0.25) is 5.02 Å². The van der Waals surface area contributed by atoms with E-state index in [1.165, 1.54) is 17.5 Å². The molecular weight excluding hydrogens is 587 g/mol. The number of aryl methyl sites for hydroxylation is 1. The fraction of sp³-hybridized carbons (Fsp3) is 0.559. The molecule has 1 heterocycles. The van der Waals surface area contributed by atoms with Gasteiger partial charge in [0, 0.05) is 31.4 Å². The number of ether oxygens (including phenoxy) is 2. The van der Waals surface area contributed by atoms with E-state index in [4.69, 9.17) is 26.2 Å². The van der Waals surface area contributed by atoms with Crippen LogP contribution in [-0.4, -0.2) is 49.2 Å². The highest BCUT2D eigenvalue weighted by molar-refractivity contribution is 7.97. The molecule has 1 aliphatic heterocycles. The van der Waals surface area contributed by atoms with Crippen molar-refractivity contribution in [3.8, 4) is 5.75 Å². The lowest BCUT2D eigenvalue weighted by molar-refractivity contribution is -0.000222. The smallest absolute Gasteiger partial charge is 0.335 e. The number of aromatic carboxylic acids is 1. The predicted octanol–water partition coefficient (Wildman–Crippen LogP) is 7.73. The van der Waals surface area contributed by atoms with E-state index in [9.17, 15) is 14.3 Å². The zero-order valence-electron chi connectivity index (χ0n) is 25.5. The molecule has 43 heavy (non-hydrogen) atoms. The van der Waals surface area contributed by atoms with Gasteiger partial charge in [-0.3, -0.25) is 5.14 Å². The van der Waals surface area contributed by atoms with Gasteiger partial charge in [-0.15, -0.1) is 0 Å². The van der Waals surface area contributed by atoms with Crippen molar-refractivity contribution in [2.45, 2.75) is 70.1 Å². The van der Waals surface area contributed by atoms with Gasteiger partial charge in [0.25, 0.3) is 0 Å². The van der Waals surface area contributed by atoms with E-state index < -0.39 is 11.8 Å². The van der Waals surface area contributed by atoms with Gasteiger partial charge in [-0.25, -0.2) is 9.18 Å². The van der Waals surface area contributed by atoms with Gasteiger partial charge >= 0.3 is 5.97 Å². The summed E-state index contributed by atoms with van der Waals surface area (Å²) in [4.78, 5) is 14.2. The Morgan fingerprint density at radius 3 is 2.67 bits per heavy atom. The van der Waals surface area contributed by atoms with E-state index in [2.05, 4.69) is 31.7 Å². The molecule has 0 saturated heterocycles. The van der Waals surface area contributed by atoms with Gasteiger partial charge < -0.3 is 19.5 Å². The molecule has 5 rings (SSSR count). The monoisotopic (exact) mass is 630 g/mol. The first-order valence-electron chi connectivity index (χ1n) is 15.5. The number of carboxylic acid groups (broad SMARTS) is 1. The Labute approximate surface area is 264 Å². The minimum absolute atomic E-state index is 0.0772. The number of rotatable bonds is 12. The molecule has 7 unspecified atom stereocenters. The maximum absolute atomic E-state index is 14.8. The number of nitrogens with zero attached hydrogens (tertiary/aromatic N) is 1. The van der Waals surface area contributed by atoms with Gasteiger partial charge in [-0.1, -0.05) is 56.8 Å². The summed E-state index contributed by atoms with van der Waals surface area (Å²) in [7, 11) is 1.81. The number of benzene rings is 2. The Kier molecular flexibility index (Phi) is 10.3. The first-order chi connectivity index (χ1) is 20.6. The molecule has 0 spiro atoms. The third-order valence-electron chi connectivity index (χ3n) is 10.0. The topological polar surface area (TPSA) is 85.0 Å². The Hall–Kier alpha value is -2.26. The van der Waals surface area contributed by atoms with Crippen LogP contribution >= 0.6 is 23.5 Å². The zero-order chi connectivity index (χ0) is 30.8. The molecule has 234 valence electrons. The summed E-state index contributed by atoms with van der Waals surface area (Å²) < 4.78 is 27.2. The molecule has 3 aliphatic rings. The largest absolute Gasteiger partial charge is 0.491 e. The van der Waals surface area contributed by atoms with E-state index in [0.717, 1.165) is 55.5 Å². The van der Waals surface area contributed by atoms with Gasteiger partial charge in [0.2, 0.25) is 0 Å². The Morgan fingerprint density at radius 1 is 1.28 bits per heavy atom. The fourth-order valence-electron chi connectivity index (χ4n) is 7.10. The molecule has 7 atom stereocenters. The summed E-state index contributed by atoms with van der Waals surface area (Å²) in [5, 5.41) is 16.2. The number of carbonyl (C=O) groups is 1. The fourth-order valence-corrected chi connectivity index (χ4v) is 7.73. The van der Waals surface area contributed by atoms with Crippen molar-refractivity contribution in [3.63, 3.8) is 0 Å². The maximum Gasteiger partial charge on any atom is 0.335 e. The van der Waals surface area contributed by atoms with Crippen LogP contribution in [0, 0.1) is 29.5 Å². The highest BCUT2D eigenvalue weighted by Crippen LogP contribution is 2.48. The van der Waals surface area contributed by atoms with Gasteiger partial charge in [-0.05, 0) is 96.4 Å². The van der Waals surface area contributed by atoms with Crippen LogP contribution in [-0.2, 0) is 11.2 Å². The minimum Gasteiger partial charge on any atom is -0.491 e. The molecule has 2 aromatic rings. The van der Waals surface area contributed by atoms with Crippen LogP contribution in [0.25, 0.3) is 0 Å². The van der Waals surface area contributed by atoms with E-state index in [-0.39, 0.29) is 22.6 Å². The van der Waals surface area contributed by atoms with Crippen LogP contribution in [0.5, 0.6) is 5.75 Å². The second-order valence-corrected chi connectivity index (χ2v) is 14.0. The van der Waals surface area contributed by atoms with E-state index in [1.807, 2.05) is 7.11 Å². The molecule has 6 nitrogen and oxygen atoms in total. The average Bonchev–Trinajstić information content (AvgIpc) is 3.14. The predicted molar refractivity (Wildman–Crippen MR) is 173 cm³/mol. The number of anilines is 1. The lowest BCUT2D eigenvalue weighted by Gasteiger charge is -2.47. The van der Waals surface area contributed by atoms with Crippen molar-refractivity contribution in [1.82, 2.24) is 0 Å². The second-order valence-electron chi connectivity index (χ2n) is 12.6. The molecule has 0 amide bonds. The second kappa shape index (κ2) is 13.8. The van der Waals surface area contributed by atoms with Crippen molar-refractivity contribution < 1.29 is 23.8 Å². The lowest BCUT2D eigenvalue weighted by atomic mass is 9.64. The molecule has 1 saturated carbocycles. The van der Waals surface area contributed by atoms with Gasteiger partial charge in [0.15, 0.2) is 0 Å². The van der Waals surface area contributed by atoms with E-state index >= 15 is 0 Å². The zero-order valence-corrected chi connectivity index (χ0v) is 27.1. The number of hydrogen-bond donors (Lipinski definition) is 2. The van der Waals surface area contributed by atoms with Crippen molar-refractivity contribution in [2.24, 2.45) is 28.8 Å². The van der Waals surface area contributed by atoms with Crippen LogP contribution in [0.4, 0.5) is 10.1 Å². The SMILES string of the molecule is CCCc1cc(Cl)c(F)cc1C1COc2ccc(C(=O)O)cc2N(CC2CCC2C(OC)C2=CC(C(C)C(C)SN)C2)C1. The third-order valence-corrected chi connectivity index (χ3v) is 11.2. The Bertz CT molecular complexity index is 1360.